The maximum atomic E-state index is 5.82. The fraction of sp³-hybridized carbons (Fsp3) is 0.438. The second kappa shape index (κ2) is 7.13. The van der Waals surface area contributed by atoms with Crippen LogP contribution in [0.2, 0.25) is 0 Å². The first-order valence-corrected chi connectivity index (χ1v) is 7.12. The van der Waals surface area contributed by atoms with Gasteiger partial charge in [0.15, 0.2) is 11.5 Å². The summed E-state index contributed by atoms with van der Waals surface area (Å²) >= 11 is 0. The Balaban J connectivity index is 2.04. The van der Waals surface area contributed by atoms with E-state index in [9.17, 15) is 0 Å². The molecule has 1 aromatic carbocycles. The van der Waals surface area contributed by atoms with Crippen molar-refractivity contribution in [2.45, 2.75) is 33.0 Å². The quantitative estimate of drug-likeness (QED) is 0.851. The predicted octanol–water partition coefficient (Wildman–Crippen LogP) is 2.77. The van der Waals surface area contributed by atoms with Gasteiger partial charge in [0, 0.05) is 18.8 Å². The van der Waals surface area contributed by atoms with Gasteiger partial charge in [-0.2, -0.15) is 5.10 Å². The number of nitrogens with one attached hydrogen (secondary N) is 1. The summed E-state index contributed by atoms with van der Waals surface area (Å²) in [6.45, 7) is 5.43. The van der Waals surface area contributed by atoms with Gasteiger partial charge < -0.3 is 14.8 Å². The van der Waals surface area contributed by atoms with Crippen LogP contribution in [-0.4, -0.2) is 23.9 Å². The highest BCUT2D eigenvalue weighted by Crippen LogP contribution is 2.28. The van der Waals surface area contributed by atoms with Crippen LogP contribution in [0.25, 0.3) is 0 Å². The molecule has 0 aliphatic rings. The molecule has 0 bridgehead atoms. The van der Waals surface area contributed by atoms with Crippen LogP contribution in [0, 0.1) is 0 Å². The standard InChI is InChI=1S/C16H23N3O2/c1-12(2)19-8-7-14(18-19)11-21-15-6-5-13(10-17-3)9-16(15)20-4/h5-9,12,17H,10-11H2,1-4H3. The summed E-state index contributed by atoms with van der Waals surface area (Å²) in [5.74, 6) is 1.47. The molecule has 0 saturated heterocycles. The van der Waals surface area contributed by atoms with Gasteiger partial charge in [0.05, 0.1) is 12.8 Å². The summed E-state index contributed by atoms with van der Waals surface area (Å²) in [6.07, 6.45) is 1.97. The third-order valence-corrected chi connectivity index (χ3v) is 3.18. The Morgan fingerprint density at radius 3 is 2.67 bits per heavy atom. The summed E-state index contributed by atoms with van der Waals surface area (Å²) in [5.41, 5.74) is 2.07. The summed E-state index contributed by atoms with van der Waals surface area (Å²) in [6, 6.07) is 8.28. The highest BCUT2D eigenvalue weighted by Gasteiger charge is 2.08. The summed E-state index contributed by atoms with van der Waals surface area (Å²) < 4.78 is 13.1. The van der Waals surface area contributed by atoms with E-state index in [1.54, 1.807) is 7.11 Å². The molecule has 0 amide bonds. The molecular formula is C16H23N3O2. The molecule has 21 heavy (non-hydrogen) atoms. The van der Waals surface area contributed by atoms with Crippen molar-refractivity contribution in [3.63, 3.8) is 0 Å². The highest BCUT2D eigenvalue weighted by molar-refractivity contribution is 5.43. The van der Waals surface area contributed by atoms with Gasteiger partial charge >= 0.3 is 0 Å². The Labute approximate surface area is 125 Å². The summed E-state index contributed by atoms with van der Waals surface area (Å²) in [7, 11) is 3.57. The van der Waals surface area contributed by atoms with Gasteiger partial charge in [-0.3, -0.25) is 4.68 Å². The molecule has 114 valence electrons. The van der Waals surface area contributed by atoms with Gasteiger partial charge in [-0.1, -0.05) is 6.07 Å². The van der Waals surface area contributed by atoms with E-state index < -0.39 is 0 Å². The van der Waals surface area contributed by atoms with E-state index in [1.807, 2.05) is 42.2 Å². The summed E-state index contributed by atoms with van der Waals surface area (Å²) in [4.78, 5) is 0. The number of hydrogen-bond acceptors (Lipinski definition) is 4. The maximum absolute atomic E-state index is 5.82. The van der Waals surface area contributed by atoms with Crippen molar-refractivity contribution in [2.75, 3.05) is 14.2 Å². The van der Waals surface area contributed by atoms with Crippen LogP contribution in [0.3, 0.4) is 0 Å². The fourth-order valence-electron chi connectivity index (χ4n) is 2.04. The number of aromatic nitrogens is 2. The third-order valence-electron chi connectivity index (χ3n) is 3.18. The van der Waals surface area contributed by atoms with E-state index in [-0.39, 0.29) is 0 Å². The number of hydrogen-bond donors (Lipinski definition) is 1. The lowest BCUT2D eigenvalue weighted by molar-refractivity contribution is 0.278. The lowest BCUT2D eigenvalue weighted by Gasteiger charge is -2.11. The summed E-state index contributed by atoms with van der Waals surface area (Å²) in [5, 5.41) is 7.58. The largest absolute Gasteiger partial charge is 0.493 e. The van der Waals surface area contributed by atoms with Gasteiger partial charge in [0.2, 0.25) is 0 Å². The Morgan fingerprint density at radius 2 is 2.05 bits per heavy atom. The van der Waals surface area contributed by atoms with Crippen molar-refractivity contribution in [1.29, 1.82) is 0 Å². The Morgan fingerprint density at radius 1 is 1.24 bits per heavy atom. The molecule has 0 aliphatic heterocycles. The van der Waals surface area contributed by atoms with E-state index in [1.165, 1.54) is 0 Å². The number of benzene rings is 1. The number of rotatable bonds is 7. The number of methoxy groups -OCH3 is 1. The van der Waals surface area contributed by atoms with E-state index in [0.29, 0.717) is 12.6 Å². The van der Waals surface area contributed by atoms with E-state index in [0.717, 1.165) is 29.3 Å². The van der Waals surface area contributed by atoms with Gasteiger partial charge in [-0.05, 0) is 44.7 Å². The molecule has 0 saturated carbocycles. The van der Waals surface area contributed by atoms with Crippen molar-refractivity contribution in [2.24, 2.45) is 0 Å². The molecule has 0 aliphatic carbocycles. The average molecular weight is 289 g/mol. The first-order valence-electron chi connectivity index (χ1n) is 7.12. The normalized spacial score (nSPS) is 10.9. The van der Waals surface area contributed by atoms with Crippen molar-refractivity contribution >= 4 is 0 Å². The van der Waals surface area contributed by atoms with Crippen LogP contribution in [0.15, 0.2) is 30.5 Å². The molecule has 1 N–H and O–H groups in total. The molecular weight excluding hydrogens is 266 g/mol. The molecule has 2 rings (SSSR count). The van der Waals surface area contributed by atoms with Crippen LogP contribution in [-0.2, 0) is 13.2 Å². The van der Waals surface area contributed by atoms with Gasteiger partial charge in [0.25, 0.3) is 0 Å². The van der Waals surface area contributed by atoms with Crippen LogP contribution in [0.1, 0.15) is 31.1 Å². The Kier molecular flexibility index (Phi) is 5.22. The van der Waals surface area contributed by atoms with E-state index >= 15 is 0 Å². The maximum Gasteiger partial charge on any atom is 0.161 e. The van der Waals surface area contributed by atoms with Crippen molar-refractivity contribution in [3.8, 4) is 11.5 Å². The molecule has 2 aromatic rings. The van der Waals surface area contributed by atoms with Crippen molar-refractivity contribution in [1.82, 2.24) is 15.1 Å². The van der Waals surface area contributed by atoms with Gasteiger partial charge in [-0.15, -0.1) is 0 Å². The molecule has 1 heterocycles. The van der Waals surface area contributed by atoms with E-state index in [2.05, 4.69) is 24.3 Å². The molecule has 0 atom stereocenters. The molecule has 0 unspecified atom stereocenters. The van der Waals surface area contributed by atoms with Crippen molar-refractivity contribution in [3.05, 3.63) is 41.7 Å². The lowest BCUT2D eigenvalue weighted by Crippen LogP contribution is -2.06. The SMILES string of the molecule is CNCc1ccc(OCc2ccn(C(C)C)n2)c(OC)c1. The highest BCUT2D eigenvalue weighted by atomic mass is 16.5. The minimum absolute atomic E-state index is 0.356. The molecule has 1 aromatic heterocycles. The lowest BCUT2D eigenvalue weighted by atomic mass is 10.2. The third kappa shape index (κ3) is 3.98. The smallest absolute Gasteiger partial charge is 0.161 e. The average Bonchev–Trinajstić information content (AvgIpc) is 2.95. The Hall–Kier alpha value is -2.01. The zero-order valence-electron chi connectivity index (χ0n) is 13.1. The monoisotopic (exact) mass is 289 g/mol. The fourth-order valence-corrected chi connectivity index (χ4v) is 2.04. The number of ether oxygens (including phenoxy) is 2. The van der Waals surface area contributed by atoms with Crippen LogP contribution in [0.5, 0.6) is 11.5 Å². The predicted molar refractivity (Wildman–Crippen MR) is 82.7 cm³/mol. The minimum Gasteiger partial charge on any atom is -0.493 e. The van der Waals surface area contributed by atoms with Crippen molar-refractivity contribution < 1.29 is 9.47 Å². The van der Waals surface area contributed by atoms with Gasteiger partial charge in [0.1, 0.15) is 6.61 Å². The molecule has 0 spiro atoms. The first-order chi connectivity index (χ1) is 10.1. The zero-order valence-corrected chi connectivity index (χ0v) is 13.1. The molecule has 0 radical (unpaired) electrons. The topological polar surface area (TPSA) is 48.3 Å². The minimum atomic E-state index is 0.356. The molecule has 5 heteroatoms. The Bertz CT molecular complexity index is 579. The molecule has 0 fully saturated rings. The van der Waals surface area contributed by atoms with Crippen LogP contribution >= 0.6 is 0 Å². The van der Waals surface area contributed by atoms with Crippen LogP contribution < -0.4 is 14.8 Å². The van der Waals surface area contributed by atoms with Crippen LogP contribution in [0.4, 0.5) is 0 Å². The second-order valence-corrected chi connectivity index (χ2v) is 5.19. The van der Waals surface area contributed by atoms with Gasteiger partial charge in [-0.25, -0.2) is 0 Å². The molecule has 5 nitrogen and oxygen atoms in total. The zero-order chi connectivity index (χ0) is 15.2. The second-order valence-electron chi connectivity index (χ2n) is 5.19. The first kappa shape index (κ1) is 15.4. The van der Waals surface area contributed by atoms with E-state index in [4.69, 9.17) is 9.47 Å². The number of nitrogens with zero attached hydrogens (tertiary/aromatic N) is 2.